The minimum Gasteiger partial charge on any atom is -0.466 e. The number of esters is 1. The molecular weight excluding hydrogens is 226 g/mol. The van der Waals surface area contributed by atoms with Crippen LogP contribution in [0.4, 0.5) is 0 Å². The average molecular weight is 255 g/mol. The first-order valence-corrected chi connectivity index (χ1v) is 7.41. The predicted molar refractivity (Wildman–Crippen MR) is 74.6 cm³/mol. The summed E-state index contributed by atoms with van der Waals surface area (Å²) < 4.78 is 4.91. The molecule has 1 heterocycles. The van der Waals surface area contributed by atoms with Gasteiger partial charge in [-0.05, 0) is 57.7 Å². The number of ether oxygens (including phenoxy) is 1. The van der Waals surface area contributed by atoms with Gasteiger partial charge in [-0.2, -0.15) is 0 Å². The fourth-order valence-corrected chi connectivity index (χ4v) is 2.40. The number of piperidine rings is 1. The molecule has 0 atom stereocenters. The Hall–Kier alpha value is -0.570. The molecule has 18 heavy (non-hydrogen) atoms. The molecule has 0 aromatic rings. The van der Waals surface area contributed by atoms with E-state index in [1.165, 1.54) is 38.9 Å². The number of carbonyl (C=O) groups excluding carboxylic acids is 1. The van der Waals surface area contributed by atoms with Gasteiger partial charge in [0.1, 0.15) is 0 Å². The zero-order chi connectivity index (χ0) is 13.4. The van der Waals surface area contributed by atoms with E-state index in [0.717, 1.165) is 12.8 Å². The van der Waals surface area contributed by atoms with Crippen molar-refractivity contribution < 1.29 is 9.53 Å². The Labute approximate surface area is 112 Å². The lowest BCUT2D eigenvalue weighted by molar-refractivity contribution is -0.143. The third kappa shape index (κ3) is 6.39. The van der Waals surface area contributed by atoms with Crippen LogP contribution in [0.15, 0.2) is 0 Å². The summed E-state index contributed by atoms with van der Waals surface area (Å²) in [6, 6.07) is 0. The normalized spacial score (nSPS) is 19.7. The molecule has 0 radical (unpaired) electrons. The Morgan fingerprint density at radius 1 is 1.17 bits per heavy atom. The Morgan fingerprint density at radius 2 is 1.83 bits per heavy atom. The number of hydrogen-bond acceptors (Lipinski definition) is 3. The lowest BCUT2D eigenvalue weighted by Crippen LogP contribution is -2.37. The highest BCUT2D eigenvalue weighted by molar-refractivity contribution is 5.69. The molecule has 0 saturated carbocycles. The van der Waals surface area contributed by atoms with Gasteiger partial charge in [-0.3, -0.25) is 4.79 Å². The lowest BCUT2D eigenvalue weighted by Gasteiger charge is -2.36. The molecular formula is C15H29NO2. The first-order chi connectivity index (χ1) is 8.53. The van der Waals surface area contributed by atoms with E-state index in [4.69, 9.17) is 4.74 Å². The van der Waals surface area contributed by atoms with E-state index in [0.29, 0.717) is 18.4 Å². The summed E-state index contributed by atoms with van der Waals surface area (Å²) in [5.74, 6) is -0.0442. The molecule has 3 nitrogen and oxygen atoms in total. The van der Waals surface area contributed by atoms with Crippen LogP contribution in [0.2, 0.25) is 0 Å². The fraction of sp³-hybridized carbons (Fsp3) is 0.933. The van der Waals surface area contributed by atoms with E-state index in [9.17, 15) is 4.79 Å². The SMILES string of the molecule is CCOC(=O)CCCCCN1CCC(C)(C)CC1. The maximum atomic E-state index is 11.1. The van der Waals surface area contributed by atoms with Crippen molar-refractivity contribution in [3.8, 4) is 0 Å². The number of hydrogen-bond donors (Lipinski definition) is 0. The molecule has 106 valence electrons. The standard InChI is InChI=1S/C15H29NO2/c1-4-18-14(17)8-6-5-7-11-16-12-9-15(2,3)10-13-16/h4-13H2,1-3H3. The smallest absolute Gasteiger partial charge is 0.305 e. The number of likely N-dealkylation sites (tertiary alicyclic amines) is 1. The summed E-state index contributed by atoms with van der Waals surface area (Å²) in [5.41, 5.74) is 0.542. The van der Waals surface area contributed by atoms with E-state index in [-0.39, 0.29) is 5.97 Å². The van der Waals surface area contributed by atoms with Gasteiger partial charge in [0.2, 0.25) is 0 Å². The third-order valence-electron chi connectivity index (χ3n) is 3.87. The summed E-state index contributed by atoms with van der Waals surface area (Å²) in [7, 11) is 0. The Bertz CT molecular complexity index is 241. The second-order valence-corrected chi connectivity index (χ2v) is 6.12. The van der Waals surface area contributed by atoms with Crippen molar-refractivity contribution in [2.75, 3.05) is 26.2 Å². The summed E-state index contributed by atoms with van der Waals surface area (Å²) in [6.07, 6.45) is 6.53. The molecule has 1 aliphatic heterocycles. The van der Waals surface area contributed by atoms with Gasteiger partial charge >= 0.3 is 5.97 Å². The second-order valence-electron chi connectivity index (χ2n) is 6.12. The van der Waals surface area contributed by atoms with Crippen LogP contribution in [-0.2, 0) is 9.53 Å². The van der Waals surface area contributed by atoms with Crippen molar-refractivity contribution in [2.45, 2.75) is 59.3 Å². The van der Waals surface area contributed by atoms with Gasteiger partial charge in [-0.25, -0.2) is 0 Å². The van der Waals surface area contributed by atoms with Crippen molar-refractivity contribution in [3.63, 3.8) is 0 Å². The molecule has 3 heteroatoms. The van der Waals surface area contributed by atoms with Gasteiger partial charge in [-0.15, -0.1) is 0 Å². The number of rotatable bonds is 7. The van der Waals surface area contributed by atoms with E-state index in [2.05, 4.69) is 18.7 Å². The van der Waals surface area contributed by atoms with Gasteiger partial charge in [0, 0.05) is 6.42 Å². The van der Waals surface area contributed by atoms with E-state index in [1.54, 1.807) is 0 Å². The zero-order valence-corrected chi connectivity index (χ0v) is 12.3. The van der Waals surface area contributed by atoms with Crippen LogP contribution < -0.4 is 0 Å². The number of unbranched alkanes of at least 4 members (excludes halogenated alkanes) is 2. The first-order valence-electron chi connectivity index (χ1n) is 7.41. The maximum absolute atomic E-state index is 11.1. The summed E-state index contributed by atoms with van der Waals surface area (Å²) in [6.45, 7) is 10.8. The molecule has 0 amide bonds. The van der Waals surface area contributed by atoms with Crippen molar-refractivity contribution >= 4 is 5.97 Å². The van der Waals surface area contributed by atoms with Crippen molar-refractivity contribution in [1.82, 2.24) is 4.90 Å². The molecule has 1 saturated heterocycles. The molecule has 0 spiro atoms. The third-order valence-corrected chi connectivity index (χ3v) is 3.87. The van der Waals surface area contributed by atoms with Crippen LogP contribution in [0, 0.1) is 5.41 Å². The molecule has 0 aromatic heterocycles. The highest BCUT2D eigenvalue weighted by atomic mass is 16.5. The van der Waals surface area contributed by atoms with Crippen LogP contribution in [-0.4, -0.2) is 37.1 Å². The Morgan fingerprint density at radius 3 is 2.44 bits per heavy atom. The quantitative estimate of drug-likeness (QED) is 0.517. The second kappa shape index (κ2) is 7.78. The van der Waals surface area contributed by atoms with Gasteiger partial charge in [0.25, 0.3) is 0 Å². The van der Waals surface area contributed by atoms with Gasteiger partial charge in [0.15, 0.2) is 0 Å². The summed E-state index contributed by atoms with van der Waals surface area (Å²) in [5, 5.41) is 0. The lowest BCUT2D eigenvalue weighted by atomic mass is 9.82. The Kier molecular flexibility index (Phi) is 6.69. The summed E-state index contributed by atoms with van der Waals surface area (Å²) >= 11 is 0. The minimum absolute atomic E-state index is 0.0442. The van der Waals surface area contributed by atoms with E-state index in [1.807, 2.05) is 6.92 Å². The topological polar surface area (TPSA) is 29.5 Å². The number of carbonyl (C=O) groups is 1. The Balaban J connectivity index is 1.97. The molecule has 0 unspecified atom stereocenters. The van der Waals surface area contributed by atoms with E-state index < -0.39 is 0 Å². The van der Waals surface area contributed by atoms with Crippen LogP contribution in [0.3, 0.4) is 0 Å². The zero-order valence-electron chi connectivity index (χ0n) is 12.3. The fourth-order valence-electron chi connectivity index (χ4n) is 2.40. The molecule has 1 fully saturated rings. The van der Waals surface area contributed by atoms with Crippen LogP contribution >= 0.6 is 0 Å². The van der Waals surface area contributed by atoms with Gasteiger partial charge in [-0.1, -0.05) is 20.3 Å². The first kappa shape index (κ1) is 15.5. The molecule has 1 rings (SSSR count). The van der Waals surface area contributed by atoms with Crippen molar-refractivity contribution in [1.29, 1.82) is 0 Å². The van der Waals surface area contributed by atoms with Crippen LogP contribution in [0.25, 0.3) is 0 Å². The van der Waals surface area contributed by atoms with Crippen molar-refractivity contribution in [3.05, 3.63) is 0 Å². The molecule has 0 aromatic carbocycles. The maximum Gasteiger partial charge on any atom is 0.305 e. The molecule has 0 N–H and O–H groups in total. The predicted octanol–water partition coefficient (Wildman–Crippen LogP) is 3.23. The number of nitrogens with zero attached hydrogens (tertiary/aromatic N) is 1. The van der Waals surface area contributed by atoms with Crippen molar-refractivity contribution in [2.24, 2.45) is 5.41 Å². The highest BCUT2D eigenvalue weighted by Crippen LogP contribution is 2.29. The molecule has 1 aliphatic rings. The van der Waals surface area contributed by atoms with Gasteiger partial charge in [0.05, 0.1) is 6.61 Å². The minimum atomic E-state index is -0.0442. The van der Waals surface area contributed by atoms with Crippen LogP contribution in [0.5, 0.6) is 0 Å². The van der Waals surface area contributed by atoms with E-state index >= 15 is 0 Å². The largest absolute Gasteiger partial charge is 0.466 e. The molecule has 0 aliphatic carbocycles. The molecule has 0 bridgehead atoms. The average Bonchev–Trinajstić information content (AvgIpc) is 2.31. The van der Waals surface area contributed by atoms with Crippen LogP contribution in [0.1, 0.15) is 59.3 Å². The highest BCUT2D eigenvalue weighted by Gasteiger charge is 2.24. The summed E-state index contributed by atoms with van der Waals surface area (Å²) in [4.78, 5) is 13.7. The monoisotopic (exact) mass is 255 g/mol. The van der Waals surface area contributed by atoms with Gasteiger partial charge < -0.3 is 9.64 Å².